The van der Waals surface area contributed by atoms with Crippen molar-refractivity contribution in [3.63, 3.8) is 0 Å². The molecule has 8 nitrogen and oxygen atoms in total. The van der Waals surface area contributed by atoms with Gasteiger partial charge in [0.25, 0.3) is 11.8 Å². The Hall–Kier alpha value is -4.12. The third-order valence-electron chi connectivity index (χ3n) is 5.31. The number of primary amides is 1. The van der Waals surface area contributed by atoms with Crippen molar-refractivity contribution >= 4 is 28.6 Å². The van der Waals surface area contributed by atoms with E-state index in [-0.39, 0.29) is 23.4 Å². The molecule has 3 amide bonds. The number of hydrogen-bond donors (Lipinski definition) is 2. The Morgan fingerprint density at radius 2 is 2.03 bits per heavy atom. The molecule has 0 bridgehead atoms. The van der Waals surface area contributed by atoms with Crippen molar-refractivity contribution in [2.45, 2.75) is 6.42 Å². The number of nitrogens with zero attached hydrogens (tertiary/aromatic N) is 3. The Morgan fingerprint density at radius 1 is 1.23 bits per heavy atom. The lowest BCUT2D eigenvalue weighted by Crippen LogP contribution is -2.21. The van der Waals surface area contributed by atoms with Gasteiger partial charge in [-0.2, -0.15) is 5.10 Å². The van der Waals surface area contributed by atoms with Gasteiger partial charge < -0.3 is 16.0 Å². The second kappa shape index (κ2) is 7.95. The quantitative estimate of drug-likeness (QED) is 0.629. The Labute approximate surface area is 179 Å². The largest absolute Gasteiger partial charge is 0.364 e. The molecule has 0 aliphatic carbocycles. The van der Waals surface area contributed by atoms with Gasteiger partial charge in [0.15, 0.2) is 5.69 Å². The molecule has 3 N–H and O–H groups in total. The molecule has 8 heteroatoms. The van der Waals surface area contributed by atoms with E-state index < -0.39 is 5.91 Å². The molecule has 0 unspecified atom stereocenters. The van der Waals surface area contributed by atoms with Crippen LogP contribution in [0, 0.1) is 17.8 Å². The van der Waals surface area contributed by atoms with Crippen molar-refractivity contribution in [3.05, 3.63) is 59.3 Å². The van der Waals surface area contributed by atoms with Crippen molar-refractivity contribution in [3.8, 4) is 17.5 Å². The Morgan fingerprint density at radius 3 is 2.71 bits per heavy atom. The SMILES string of the molecule is CNC(=O)c1ccc2c(c1)c(C(N)=O)nn2-c1cccc(C#C[C@@H]2CCN(C)C2=O)c1. The molecule has 0 spiro atoms. The number of rotatable bonds is 3. The highest BCUT2D eigenvalue weighted by atomic mass is 16.2. The zero-order chi connectivity index (χ0) is 22.1. The zero-order valence-corrected chi connectivity index (χ0v) is 17.2. The average molecular weight is 415 g/mol. The van der Waals surface area contributed by atoms with Crippen molar-refractivity contribution in [2.24, 2.45) is 11.7 Å². The number of carbonyl (C=O) groups is 3. The molecule has 0 saturated carbocycles. The van der Waals surface area contributed by atoms with Crippen LogP contribution in [0.5, 0.6) is 0 Å². The normalized spacial score (nSPS) is 15.6. The van der Waals surface area contributed by atoms with Crippen LogP contribution in [0.25, 0.3) is 16.6 Å². The zero-order valence-electron chi connectivity index (χ0n) is 17.2. The molecule has 1 saturated heterocycles. The minimum absolute atomic E-state index is 0.0414. The molecule has 3 aromatic rings. The summed E-state index contributed by atoms with van der Waals surface area (Å²) in [5.74, 6) is 4.93. The number of amides is 3. The van der Waals surface area contributed by atoms with Crippen LogP contribution in [0.15, 0.2) is 42.5 Å². The van der Waals surface area contributed by atoms with E-state index in [1.165, 1.54) is 7.05 Å². The predicted octanol–water partition coefficient (Wildman–Crippen LogP) is 1.31. The van der Waals surface area contributed by atoms with Gasteiger partial charge in [-0.3, -0.25) is 14.4 Å². The van der Waals surface area contributed by atoms with Gasteiger partial charge in [0.2, 0.25) is 5.91 Å². The minimum atomic E-state index is -0.683. The Kier molecular flexibility index (Phi) is 5.17. The fourth-order valence-electron chi connectivity index (χ4n) is 3.62. The van der Waals surface area contributed by atoms with Crippen LogP contribution in [0.1, 0.15) is 32.8 Å². The molecule has 156 valence electrons. The molecule has 1 aliphatic heterocycles. The summed E-state index contributed by atoms with van der Waals surface area (Å²) in [6.45, 7) is 0.714. The summed E-state index contributed by atoms with van der Waals surface area (Å²) in [4.78, 5) is 37.7. The molecule has 1 aliphatic rings. The summed E-state index contributed by atoms with van der Waals surface area (Å²) in [7, 11) is 3.31. The number of carbonyl (C=O) groups excluding carboxylic acids is 3. The first-order valence-corrected chi connectivity index (χ1v) is 9.80. The van der Waals surface area contributed by atoms with E-state index in [2.05, 4.69) is 22.3 Å². The lowest BCUT2D eigenvalue weighted by Gasteiger charge is -2.06. The van der Waals surface area contributed by atoms with Gasteiger partial charge in [-0.05, 0) is 42.8 Å². The third-order valence-corrected chi connectivity index (χ3v) is 5.31. The molecule has 31 heavy (non-hydrogen) atoms. The third kappa shape index (κ3) is 3.73. The molecule has 1 atom stereocenters. The van der Waals surface area contributed by atoms with Crippen molar-refractivity contribution in [2.75, 3.05) is 20.6 Å². The molecular formula is C23H21N5O3. The van der Waals surface area contributed by atoms with Gasteiger partial charge in [0.1, 0.15) is 5.92 Å². The summed E-state index contributed by atoms with van der Waals surface area (Å²) in [6.07, 6.45) is 0.724. The van der Waals surface area contributed by atoms with Crippen LogP contribution in [0.4, 0.5) is 0 Å². The summed E-state index contributed by atoms with van der Waals surface area (Å²) < 4.78 is 1.60. The number of benzene rings is 2. The first-order chi connectivity index (χ1) is 14.9. The first-order valence-electron chi connectivity index (χ1n) is 9.80. The highest BCUT2D eigenvalue weighted by Crippen LogP contribution is 2.24. The molecule has 2 aromatic carbocycles. The van der Waals surface area contributed by atoms with E-state index in [0.717, 1.165) is 12.0 Å². The Balaban J connectivity index is 1.76. The molecule has 2 heterocycles. The standard InChI is InChI=1S/C23H21N5O3/c1-25-22(30)16-8-9-19-18(13-16)20(21(24)29)26-28(19)17-5-3-4-14(12-17)6-7-15-10-11-27(2)23(15)31/h3-5,8-9,12-13,15H,10-11H2,1-2H3,(H2,24,29)(H,25,30)/t15-/m1/s1. The summed E-state index contributed by atoms with van der Waals surface area (Å²) >= 11 is 0. The highest BCUT2D eigenvalue weighted by Gasteiger charge is 2.27. The molecule has 4 rings (SSSR count). The fraction of sp³-hybridized carbons (Fsp3) is 0.217. The lowest BCUT2D eigenvalue weighted by molar-refractivity contribution is -0.128. The summed E-state index contributed by atoms with van der Waals surface area (Å²) in [5, 5.41) is 7.44. The maximum Gasteiger partial charge on any atom is 0.269 e. The topological polar surface area (TPSA) is 110 Å². The van der Waals surface area contributed by atoms with Gasteiger partial charge in [-0.25, -0.2) is 4.68 Å². The second-order valence-electron chi connectivity index (χ2n) is 7.36. The van der Waals surface area contributed by atoms with Crippen molar-refractivity contribution in [1.29, 1.82) is 0 Å². The number of nitrogens with two attached hydrogens (primary N) is 1. The molecule has 0 radical (unpaired) electrons. The monoisotopic (exact) mass is 415 g/mol. The van der Waals surface area contributed by atoms with Gasteiger partial charge >= 0.3 is 0 Å². The average Bonchev–Trinajstić information content (AvgIpc) is 3.32. The lowest BCUT2D eigenvalue weighted by atomic mass is 10.1. The number of nitrogens with one attached hydrogen (secondary N) is 1. The van der Waals surface area contributed by atoms with E-state index in [4.69, 9.17) is 5.73 Å². The van der Waals surface area contributed by atoms with Gasteiger partial charge in [0.05, 0.1) is 11.2 Å². The van der Waals surface area contributed by atoms with Crippen LogP contribution in [0.2, 0.25) is 0 Å². The maximum absolute atomic E-state index is 12.1. The summed E-state index contributed by atoms with van der Waals surface area (Å²) in [5.41, 5.74) is 8.07. The molecule has 1 fully saturated rings. The van der Waals surface area contributed by atoms with E-state index in [1.54, 1.807) is 34.8 Å². The fourth-order valence-corrected chi connectivity index (χ4v) is 3.62. The van der Waals surface area contributed by atoms with Crippen LogP contribution < -0.4 is 11.1 Å². The van der Waals surface area contributed by atoms with Gasteiger partial charge in [-0.15, -0.1) is 0 Å². The highest BCUT2D eigenvalue weighted by molar-refractivity contribution is 6.07. The number of hydrogen-bond acceptors (Lipinski definition) is 4. The van der Waals surface area contributed by atoms with Crippen LogP contribution >= 0.6 is 0 Å². The first kappa shape index (κ1) is 20.2. The smallest absolute Gasteiger partial charge is 0.269 e. The van der Waals surface area contributed by atoms with Crippen molar-refractivity contribution in [1.82, 2.24) is 20.0 Å². The van der Waals surface area contributed by atoms with E-state index >= 15 is 0 Å². The van der Waals surface area contributed by atoms with Crippen LogP contribution in [-0.2, 0) is 4.79 Å². The predicted molar refractivity (Wildman–Crippen MR) is 116 cm³/mol. The second-order valence-corrected chi connectivity index (χ2v) is 7.36. The molecule has 1 aromatic heterocycles. The number of likely N-dealkylation sites (tertiary alicyclic amines) is 1. The van der Waals surface area contributed by atoms with E-state index in [1.807, 2.05) is 24.3 Å². The number of fused-ring (bicyclic) bond motifs is 1. The minimum Gasteiger partial charge on any atom is -0.364 e. The molecular weight excluding hydrogens is 394 g/mol. The summed E-state index contributed by atoms with van der Waals surface area (Å²) in [6, 6.07) is 12.3. The van der Waals surface area contributed by atoms with Crippen LogP contribution in [-0.4, -0.2) is 53.0 Å². The Bertz CT molecular complexity index is 1280. The maximum atomic E-state index is 12.1. The van der Waals surface area contributed by atoms with Crippen molar-refractivity contribution < 1.29 is 14.4 Å². The van der Waals surface area contributed by atoms with E-state index in [9.17, 15) is 14.4 Å². The van der Waals surface area contributed by atoms with Crippen LogP contribution in [0.3, 0.4) is 0 Å². The van der Waals surface area contributed by atoms with E-state index in [0.29, 0.717) is 28.7 Å². The number of aromatic nitrogens is 2. The van der Waals surface area contributed by atoms with Gasteiger partial charge in [0, 0.05) is 37.2 Å². The van der Waals surface area contributed by atoms with Gasteiger partial charge in [-0.1, -0.05) is 17.9 Å².